The fourth-order valence-corrected chi connectivity index (χ4v) is 3.05. The predicted molar refractivity (Wildman–Crippen MR) is 61.6 cm³/mol. The molecule has 1 aliphatic carbocycles. The van der Waals surface area contributed by atoms with Crippen LogP contribution < -0.4 is 5.43 Å². The summed E-state index contributed by atoms with van der Waals surface area (Å²) in [4.78, 5) is 0. The molecule has 2 fully saturated rings. The monoisotopic (exact) mass is 212 g/mol. The molecule has 0 amide bonds. The summed E-state index contributed by atoms with van der Waals surface area (Å²) in [7, 11) is 4.14. The number of hydrazine groups is 1. The van der Waals surface area contributed by atoms with E-state index in [-0.39, 0.29) is 5.60 Å². The van der Waals surface area contributed by atoms with Crippen LogP contribution in [0.3, 0.4) is 0 Å². The molecule has 1 heterocycles. The quantitative estimate of drug-likeness (QED) is 0.708. The zero-order valence-electron chi connectivity index (χ0n) is 10.1. The lowest BCUT2D eigenvalue weighted by atomic mass is 9.78. The summed E-state index contributed by atoms with van der Waals surface area (Å²) >= 11 is 0. The van der Waals surface area contributed by atoms with Crippen LogP contribution >= 0.6 is 0 Å². The fourth-order valence-electron chi connectivity index (χ4n) is 3.05. The van der Waals surface area contributed by atoms with Gasteiger partial charge < -0.3 is 4.74 Å². The molecule has 1 unspecified atom stereocenters. The third kappa shape index (κ3) is 2.92. The molecule has 1 spiro atoms. The van der Waals surface area contributed by atoms with Crippen LogP contribution in [0.25, 0.3) is 0 Å². The topological polar surface area (TPSA) is 24.5 Å². The summed E-state index contributed by atoms with van der Waals surface area (Å²) in [5.74, 6) is 0. The van der Waals surface area contributed by atoms with Crippen molar-refractivity contribution >= 4 is 0 Å². The first-order valence-corrected chi connectivity index (χ1v) is 6.28. The molecule has 0 bridgehead atoms. The van der Waals surface area contributed by atoms with Crippen molar-refractivity contribution in [2.24, 2.45) is 0 Å². The Balaban J connectivity index is 1.90. The Kier molecular flexibility index (Phi) is 3.65. The molecule has 1 saturated carbocycles. The van der Waals surface area contributed by atoms with Gasteiger partial charge in [-0.2, -0.15) is 0 Å². The summed E-state index contributed by atoms with van der Waals surface area (Å²) in [5, 5.41) is 2.08. The number of hydrogen-bond donors (Lipinski definition) is 1. The Bertz CT molecular complexity index is 194. The zero-order chi connectivity index (χ0) is 10.7. The van der Waals surface area contributed by atoms with Crippen LogP contribution in [-0.4, -0.2) is 37.4 Å². The van der Waals surface area contributed by atoms with Gasteiger partial charge in [-0.1, -0.05) is 19.3 Å². The highest BCUT2D eigenvalue weighted by atomic mass is 16.5. The Morgan fingerprint density at radius 1 is 1.20 bits per heavy atom. The first-order chi connectivity index (χ1) is 7.20. The SMILES string of the molecule is CN(C)NC1CCOC2(CCCCC2)C1. The molecular formula is C12H24N2O. The standard InChI is InChI=1S/C12H24N2O/c1-14(2)13-11-6-9-15-12(10-11)7-4-3-5-8-12/h11,13H,3-10H2,1-2H3. The lowest BCUT2D eigenvalue weighted by Gasteiger charge is -2.44. The fraction of sp³-hybridized carbons (Fsp3) is 1.00. The van der Waals surface area contributed by atoms with Crippen LogP contribution in [-0.2, 0) is 4.74 Å². The maximum atomic E-state index is 6.06. The van der Waals surface area contributed by atoms with Crippen LogP contribution in [0.2, 0.25) is 0 Å². The summed E-state index contributed by atoms with van der Waals surface area (Å²) in [6, 6.07) is 0.617. The van der Waals surface area contributed by atoms with Gasteiger partial charge in [0.15, 0.2) is 0 Å². The van der Waals surface area contributed by atoms with Crippen molar-refractivity contribution in [1.29, 1.82) is 0 Å². The maximum absolute atomic E-state index is 6.06. The second kappa shape index (κ2) is 4.81. The third-order valence-electron chi connectivity index (χ3n) is 3.70. The van der Waals surface area contributed by atoms with Crippen molar-refractivity contribution in [3.63, 3.8) is 0 Å². The van der Waals surface area contributed by atoms with Crippen molar-refractivity contribution < 1.29 is 4.74 Å². The molecule has 3 nitrogen and oxygen atoms in total. The minimum absolute atomic E-state index is 0.226. The smallest absolute Gasteiger partial charge is 0.0697 e. The second-order valence-corrected chi connectivity index (χ2v) is 5.31. The van der Waals surface area contributed by atoms with Gasteiger partial charge in [-0.05, 0) is 25.7 Å². The van der Waals surface area contributed by atoms with Crippen LogP contribution in [0.1, 0.15) is 44.9 Å². The van der Waals surface area contributed by atoms with E-state index in [1.54, 1.807) is 0 Å². The number of nitrogens with zero attached hydrogens (tertiary/aromatic N) is 1. The molecule has 2 rings (SSSR count). The zero-order valence-corrected chi connectivity index (χ0v) is 10.1. The first kappa shape index (κ1) is 11.4. The Morgan fingerprint density at radius 2 is 1.93 bits per heavy atom. The lowest BCUT2D eigenvalue weighted by Crippen LogP contribution is -2.51. The van der Waals surface area contributed by atoms with Gasteiger partial charge in [0.2, 0.25) is 0 Å². The Morgan fingerprint density at radius 3 is 2.60 bits per heavy atom. The second-order valence-electron chi connectivity index (χ2n) is 5.31. The van der Waals surface area contributed by atoms with Gasteiger partial charge in [-0.25, -0.2) is 0 Å². The van der Waals surface area contributed by atoms with Gasteiger partial charge in [0.1, 0.15) is 0 Å². The van der Waals surface area contributed by atoms with Crippen LogP contribution in [0.4, 0.5) is 0 Å². The minimum atomic E-state index is 0.226. The molecule has 3 heteroatoms. The summed E-state index contributed by atoms with van der Waals surface area (Å²) in [5.41, 5.74) is 3.73. The van der Waals surface area contributed by atoms with E-state index < -0.39 is 0 Å². The molecule has 88 valence electrons. The minimum Gasteiger partial charge on any atom is -0.375 e. The van der Waals surface area contributed by atoms with E-state index in [1.807, 2.05) is 0 Å². The molecular weight excluding hydrogens is 188 g/mol. The molecule has 0 radical (unpaired) electrons. The van der Waals surface area contributed by atoms with Crippen molar-refractivity contribution in [2.75, 3.05) is 20.7 Å². The maximum Gasteiger partial charge on any atom is 0.0697 e. The van der Waals surface area contributed by atoms with E-state index in [0.717, 1.165) is 13.0 Å². The highest BCUT2D eigenvalue weighted by Crippen LogP contribution is 2.38. The van der Waals surface area contributed by atoms with Crippen LogP contribution in [0.15, 0.2) is 0 Å². The number of ether oxygens (including phenoxy) is 1. The summed E-state index contributed by atoms with van der Waals surface area (Å²) in [6.07, 6.45) is 9.02. The van der Waals surface area contributed by atoms with Gasteiger partial charge in [-0.15, -0.1) is 0 Å². The average molecular weight is 212 g/mol. The van der Waals surface area contributed by atoms with Gasteiger partial charge in [0.05, 0.1) is 5.60 Å². The van der Waals surface area contributed by atoms with Gasteiger partial charge >= 0.3 is 0 Å². The molecule has 2 aliphatic rings. The van der Waals surface area contributed by atoms with Gasteiger partial charge in [-0.3, -0.25) is 10.4 Å². The number of rotatable bonds is 2. The Labute approximate surface area is 93.1 Å². The molecule has 0 aromatic heterocycles. The van der Waals surface area contributed by atoms with Crippen LogP contribution in [0.5, 0.6) is 0 Å². The molecule has 1 N–H and O–H groups in total. The molecule has 1 aliphatic heterocycles. The highest BCUT2D eigenvalue weighted by molar-refractivity contribution is 4.91. The van der Waals surface area contributed by atoms with E-state index in [9.17, 15) is 0 Å². The van der Waals surface area contributed by atoms with Gasteiger partial charge in [0.25, 0.3) is 0 Å². The van der Waals surface area contributed by atoms with E-state index >= 15 is 0 Å². The number of hydrogen-bond acceptors (Lipinski definition) is 3. The third-order valence-corrected chi connectivity index (χ3v) is 3.70. The lowest BCUT2D eigenvalue weighted by molar-refractivity contribution is -0.114. The van der Waals surface area contributed by atoms with E-state index in [0.29, 0.717) is 6.04 Å². The summed E-state index contributed by atoms with van der Waals surface area (Å²) in [6.45, 7) is 0.936. The van der Waals surface area contributed by atoms with E-state index in [4.69, 9.17) is 4.74 Å². The van der Waals surface area contributed by atoms with Crippen molar-refractivity contribution in [2.45, 2.75) is 56.6 Å². The number of nitrogens with one attached hydrogen (secondary N) is 1. The molecule has 1 atom stereocenters. The normalized spacial score (nSPS) is 31.0. The largest absolute Gasteiger partial charge is 0.375 e. The van der Waals surface area contributed by atoms with Gasteiger partial charge in [0, 0.05) is 26.7 Å². The van der Waals surface area contributed by atoms with Crippen molar-refractivity contribution in [1.82, 2.24) is 10.4 Å². The van der Waals surface area contributed by atoms with Crippen LogP contribution in [0, 0.1) is 0 Å². The first-order valence-electron chi connectivity index (χ1n) is 6.28. The molecule has 0 aromatic carbocycles. The van der Waals surface area contributed by atoms with E-state index in [1.165, 1.54) is 38.5 Å². The summed E-state index contributed by atoms with van der Waals surface area (Å²) < 4.78 is 6.06. The van der Waals surface area contributed by atoms with E-state index in [2.05, 4.69) is 24.5 Å². The highest BCUT2D eigenvalue weighted by Gasteiger charge is 2.38. The molecule has 1 saturated heterocycles. The van der Waals surface area contributed by atoms with Crippen molar-refractivity contribution in [3.8, 4) is 0 Å². The molecule has 0 aromatic rings. The van der Waals surface area contributed by atoms with Crippen molar-refractivity contribution in [3.05, 3.63) is 0 Å². The molecule has 15 heavy (non-hydrogen) atoms. The predicted octanol–water partition coefficient (Wildman–Crippen LogP) is 1.93. The average Bonchev–Trinajstić information content (AvgIpc) is 2.17. The Hall–Kier alpha value is -0.120.